The normalized spacial score (nSPS) is 11.8. The molecule has 2 amide bonds. The Labute approximate surface area is 183 Å². The molecule has 156 valence electrons. The van der Waals surface area contributed by atoms with Crippen LogP contribution in [0.25, 0.3) is 0 Å². The van der Waals surface area contributed by atoms with Crippen LogP contribution in [0.15, 0.2) is 42.5 Å². The van der Waals surface area contributed by atoms with Crippen LogP contribution in [0.5, 0.6) is 0 Å². The monoisotopic (exact) mass is 434 g/mol. The number of carbonyl (C=O) groups is 2. The van der Waals surface area contributed by atoms with Crippen molar-refractivity contribution in [3.05, 3.63) is 69.2 Å². The van der Waals surface area contributed by atoms with Gasteiger partial charge in [-0.15, -0.1) is 0 Å². The molecular weight excluding hydrogens is 407 g/mol. The quantitative estimate of drug-likeness (QED) is 0.552. The zero-order valence-electron chi connectivity index (χ0n) is 17.2. The zero-order valence-corrected chi connectivity index (χ0v) is 18.7. The summed E-state index contributed by atoms with van der Waals surface area (Å²) in [6, 6.07) is 12.5. The fourth-order valence-electron chi connectivity index (χ4n) is 2.94. The standard InChI is InChI=1S/C23H28Cl2N2O2/c1-4-5-12-26-23(29)17(3)27(15-19-10-11-20(24)21(25)13-19)22(28)14-18-8-6-16(2)7-9-18/h6-11,13,17H,4-5,12,14-15H2,1-3H3,(H,26,29)/t17-/m1/s1. The van der Waals surface area contributed by atoms with E-state index in [1.165, 1.54) is 0 Å². The van der Waals surface area contributed by atoms with E-state index in [-0.39, 0.29) is 24.8 Å². The molecule has 0 saturated heterocycles. The van der Waals surface area contributed by atoms with Gasteiger partial charge in [-0.3, -0.25) is 9.59 Å². The van der Waals surface area contributed by atoms with E-state index in [1.54, 1.807) is 24.0 Å². The van der Waals surface area contributed by atoms with Gasteiger partial charge in [0.2, 0.25) is 11.8 Å². The number of rotatable bonds is 9. The highest BCUT2D eigenvalue weighted by atomic mass is 35.5. The first-order chi connectivity index (χ1) is 13.8. The molecule has 2 aromatic carbocycles. The third-order valence-corrected chi connectivity index (χ3v) is 5.55. The second-order valence-electron chi connectivity index (χ2n) is 7.25. The highest BCUT2D eigenvalue weighted by Crippen LogP contribution is 2.24. The third-order valence-electron chi connectivity index (χ3n) is 4.81. The van der Waals surface area contributed by atoms with Crippen molar-refractivity contribution in [2.24, 2.45) is 0 Å². The van der Waals surface area contributed by atoms with Crippen molar-refractivity contribution in [3.8, 4) is 0 Å². The summed E-state index contributed by atoms with van der Waals surface area (Å²) in [7, 11) is 0. The number of aryl methyl sites for hydroxylation is 1. The van der Waals surface area contributed by atoms with Gasteiger partial charge in [-0.05, 0) is 43.5 Å². The van der Waals surface area contributed by atoms with Crippen LogP contribution >= 0.6 is 23.2 Å². The van der Waals surface area contributed by atoms with Crippen LogP contribution in [-0.4, -0.2) is 29.3 Å². The minimum atomic E-state index is -0.598. The Bertz CT molecular complexity index is 837. The van der Waals surface area contributed by atoms with Gasteiger partial charge in [-0.1, -0.05) is 72.4 Å². The lowest BCUT2D eigenvalue weighted by molar-refractivity contribution is -0.140. The SMILES string of the molecule is CCCCNC(=O)[C@@H](C)N(Cc1ccc(Cl)c(Cl)c1)C(=O)Cc1ccc(C)cc1. The Kier molecular flexibility index (Phi) is 8.99. The number of amides is 2. The highest BCUT2D eigenvalue weighted by Gasteiger charge is 2.26. The van der Waals surface area contributed by atoms with Crippen LogP contribution in [0.3, 0.4) is 0 Å². The number of unbranched alkanes of at least 4 members (excludes halogenated alkanes) is 1. The van der Waals surface area contributed by atoms with Crippen molar-refractivity contribution in [2.45, 2.75) is 52.6 Å². The molecule has 0 aliphatic carbocycles. The summed E-state index contributed by atoms with van der Waals surface area (Å²) in [5.41, 5.74) is 2.88. The predicted octanol–water partition coefficient (Wildman–Crippen LogP) is 5.18. The maximum absolute atomic E-state index is 13.1. The summed E-state index contributed by atoms with van der Waals surface area (Å²) in [4.78, 5) is 27.3. The molecule has 1 atom stereocenters. The van der Waals surface area contributed by atoms with Crippen molar-refractivity contribution in [3.63, 3.8) is 0 Å². The smallest absolute Gasteiger partial charge is 0.242 e. The Morgan fingerprint density at radius 2 is 1.69 bits per heavy atom. The summed E-state index contributed by atoms with van der Waals surface area (Å²) in [6.45, 7) is 6.71. The molecule has 2 aromatic rings. The molecule has 0 aromatic heterocycles. The second-order valence-corrected chi connectivity index (χ2v) is 8.07. The van der Waals surface area contributed by atoms with Gasteiger partial charge < -0.3 is 10.2 Å². The molecule has 0 aliphatic rings. The van der Waals surface area contributed by atoms with Crippen LogP contribution in [-0.2, 0) is 22.6 Å². The first kappa shape index (κ1) is 23.2. The van der Waals surface area contributed by atoms with E-state index < -0.39 is 6.04 Å². The van der Waals surface area contributed by atoms with Gasteiger partial charge in [-0.2, -0.15) is 0 Å². The summed E-state index contributed by atoms with van der Waals surface area (Å²) in [5, 5.41) is 3.80. The summed E-state index contributed by atoms with van der Waals surface area (Å²) < 4.78 is 0. The van der Waals surface area contributed by atoms with Gasteiger partial charge in [0, 0.05) is 13.1 Å². The number of carbonyl (C=O) groups excluding carboxylic acids is 2. The molecule has 6 heteroatoms. The molecule has 2 rings (SSSR count). The van der Waals surface area contributed by atoms with Crippen molar-refractivity contribution in [1.82, 2.24) is 10.2 Å². The molecule has 0 saturated carbocycles. The Balaban J connectivity index is 2.20. The number of nitrogens with one attached hydrogen (secondary N) is 1. The average Bonchev–Trinajstić information content (AvgIpc) is 2.70. The molecule has 0 bridgehead atoms. The van der Waals surface area contributed by atoms with Crippen LogP contribution in [0.4, 0.5) is 0 Å². The molecule has 0 fully saturated rings. The Hall–Kier alpha value is -2.04. The molecule has 0 heterocycles. The molecular formula is C23H28Cl2N2O2. The van der Waals surface area contributed by atoms with Gasteiger partial charge in [0.15, 0.2) is 0 Å². The van der Waals surface area contributed by atoms with E-state index in [1.807, 2.05) is 37.3 Å². The van der Waals surface area contributed by atoms with Crippen molar-refractivity contribution >= 4 is 35.0 Å². The Morgan fingerprint density at radius 3 is 2.31 bits per heavy atom. The molecule has 0 unspecified atom stereocenters. The number of halogens is 2. The van der Waals surface area contributed by atoms with E-state index >= 15 is 0 Å². The average molecular weight is 435 g/mol. The van der Waals surface area contributed by atoms with Gasteiger partial charge in [-0.25, -0.2) is 0 Å². The number of nitrogens with zero attached hydrogens (tertiary/aromatic N) is 1. The van der Waals surface area contributed by atoms with Gasteiger partial charge in [0.25, 0.3) is 0 Å². The molecule has 0 aliphatic heterocycles. The van der Waals surface area contributed by atoms with Crippen LogP contribution in [0.1, 0.15) is 43.4 Å². The van der Waals surface area contributed by atoms with Crippen molar-refractivity contribution in [2.75, 3.05) is 6.54 Å². The molecule has 29 heavy (non-hydrogen) atoms. The number of hydrogen-bond donors (Lipinski definition) is 1. The first-order valence-electron chi connectivity index (χ1n) is 9.88. The van der Waals surface area contributed by atoms with Crippen LogP contribution in [0, 0.1) is 6.92 Å². The van der Waals surface area contributed by atoms with Crippen LogP contribution in [0.2, 0.25) is 10.0 Å². The molecule has 4 nitrogen and oxygen atoms in total. The fourth-order valence-corrected chi connectivity index (χ4v) is 3.26. The number of hydrogen-bond acceptors (Lipinski definition) is 2. The minimum Gasteiger partial charge on any atom is -0.354 e. The lowest BCUT2D eigenvalue weighted by Gasteiger charge is -2.29. The fraction of sp³-hybridized carbons (Fsp3) is 0.391. The Morgan fingerprint density at radius 1 is 1.03 bits per heavy atom. The molecule has 1 N–H and O–H groups in total. The van der Waals surface area contributed by atoms with Crippen molar-refractivity contribution < 1.29 is 9.59 Å². The molecule has 0 spiro atoms. The lowest BCUT2D eigenvalue weighted by atomic mass is 10.1. The molecule has 0 radical (unpaired) electrons. The maximum atomic E-state index is 13.1. The van der Waals surface area contributed by atoms with Crippen molar-refractivity contribution in [1.29, 1.82) is 0 Å². The number of benzene rings is 2. The van der Waals surface area contributed by atoms with Crippen LogP contribution < -0.4 is 5.32 Å². The van der Waals surface area contributed by atoms with E-state index in [9.17, 15) is 9.59 Å². The largest absolute Gasteiger partial charge is 0.354 e. The van der Waals surface area contributed by atoms with Gasteiger partial charge >= 0.3 is 0 Å². The highest BCUT2D eigenvalue weighted by molar-refractivity contribution is 6.42. The maximum Gasteiger partial charge on any atom is 0.242 e. The van der Waals surface area contributed by atoms with E-state index in [4.69, 9.17) is 23.2 Å². The van der Waals surface area contributed by atoms with Gasteiger partial charge in [0.05, 0.1) is 16.5 Å². The third kappa shape index (κ3) is 7.06. The first-order valence-corrected chi connectivity index (χ1v) is 10.6. The summed E-state index contributed by atoms with van der Waals surface area (Å²) in [6.07, 6.45) is 2.13. The second kappa shape index (κ2) is 11.2. The predicted molar refractivity (Wildman–Crippen MR) is 119 cm³/mol. The summed E-state index contributed by atoms with van der Waals surface area (Å²) in [5.74, 6) is -0.270. The zero-order chi connectivity index (χ0) is 21.4. The van der Waals surface area contributed by atoms with Gasteiger partial charge in [0.1, 0.15) is 6.04 Å². The minimum absolute atomic E-state index is 0.113. The summed E-state index contributed by atoms with van der Waals surface area (Å²) >= 11 is 12.1. The topological polar surface area (TPSA) is 49.4 Å². The van der Waals surface area contributed by atoms with E-state index in [0.717, 1.165) is 29.5 Å². The lowest BCUT2D eigenvalue weighted by Crippen LogP contribution is -2.48. The van der Waals surface area contributed by atoms with E-state index in [0.29, 0.717) is 16.6 Å². The van der Waals surface area contributed by atoms with E-state index in [2.05, 4.69) is 12.2 Å².